The number of aromatic nitrogens is 1. The van der Waals surface area contributed by atoms with Crippen LogP contribution < -0.4 is 16.0 Å². The minimum absolute atomic E-state index is 0.627. The second-order valence-electron chi connectivity index (χ2n) is 8.72. The van der Waals surface area contributed by atoms with Crippen molar-refractivity contribution >= 4 is 27.9 Å². The molecule has 3 heterocycles. The molecule has 176 valence electrons. The first-order chi connectivity index (χ1) is 16.7. The van der Waals surface area contributed by atoms with Crippen molar-refractivity contribution in [3.63, 3.8) is 0 Å². The highest BCUT2D eigenvalue weighted by Crippen LogP contribution is 2.32. The van der Waals surface area contributed by atoms with Crippen molar-refractivity contribution in [1.82, 2.24) is 20.5 Å². The number of hydrogen-bond donors (Lipinski definition) is 3. The number of nitrogens with one attached hydrogen (secondary N) is 3. The first-order valence-electron chi connectivity index (χ1n) is 11.8. The summed E-state index contributed by atoms with van der Waals surface area (Å²) in [4.78, 5) is 7.08. The Bertz CT molecular complexity index is 1230. The van der Waals surface area contributed by atoms with Gasteiger partial charge in [-0.05, 0) is 66.6 Å². The normalized spacial score (nSPS) is 17.0. The number of allylic oxidation sites excluding steroid dienone is 2. The molecule has 0 atom stereocenters. The van der Waals surface area contributed by atoms with Crippen molar-refractivity contribution in [1.29, 1.82) is 0 Å². The van der Waals surface area contributed by atoms with Gasteiger partial charge in [0, 0.05) is 55.9 Å². The van der Waals surface area contributed by atoms with Crippen molar-refractivity contribution in [2.75, 3.05) is 44.6 Å². The molecular weight excluding hydrogens is 432 g/mol. The molecule has 3 aromatic rings. The molecule has 7 heteroatoms. The highest BCUT2D eigenvalue weighted by molar-refractivity contribution is 5.94. The van der Waals surface area contributed by atoms with Gasteiger partial charge in [-0.1, -0.05) is 12.1 Å². The number of hydrogen-bond acceptors (Lipinski definition) is 5. The number of piperazine rings is 1. The van der Waals surface area contributed by atoms with E-state index in [0.29, 0.717) is 5.56 Å². The predicted octanol–water partition coefficient (Wildman–Crippen LogP) is 4.60. The van der Waals surface area contributed by atoms with Crippen LogP contribution in [0.3, 0.4) is 0 Å². The van der Waals surface area contributed by atoms with Crippen molar-refractivity contribution < 1.29 is 8.78 Å². The van der Waals surface area contributed by atoms with Crippen molar-refractivity contribution in [3.05, 3.63) is 83.7 Å². The van der Waals surface area contributed by atoms with Gasteiger partial charge in [0.2, 0.25) is 0 Å². The van der Waals surface area contributed by atoms with Crippen LogP contribution in [0.4, 0.5) is 14.5 Å². The Morgan fingerprint density at radius 2 is 1.82 bits per heavy atom. The molecule has 5 nitrogen and oxygen atoms in total. The van der Waals surface area contributed by atoms with Crippen LogP contribution in [0.15, 0.2) is 60.9 Å². The Hall–Kier alpha value is -3.29. The zero-order chi connectivity index (χ0) is 23.3. The third-order valence-corrected chi connectivity index (χ3v) is 6.41. The molecule has 1 saturated heterocycles. The van der Waals surface area contributed by atoms with E-state index in [-0.39, 0.29) is 0 Å². The summed E-state index contributed by atoms with van der Waals surface area (Å²) in [6.45, 7) is 6.13. The van der Waals surface area contributed by atoms with Gasteiger partial charge in [-0.25, -0.2) is 8.78 Å². The van der Waals surface area contributed by atoms with Gasteiger partial charge >= 0.3 is 0 Å². The van der Waals surface area contributed by atoms with Crippen LogP contribution in [0.2, 0.25) is 0 Å². The van der Waals surface area contributed by atoms with Gasteiger partial charge in [0.25, 0.3) is 0 Å². The van der Waals surface area contributed by atoms with Gasteiger partial charge in [0.05, 0.1) is 17.4 Å². The van der Waals surface area contributed by atoms with E-state index < -0.39 is 11.6 Å². The van der Waals surface area contributed by atoms with E-state index >= 15 is 0 Å². The van der Waals surface area contributed by atoms with Crippen LogP contribution in [-0.4, -0.2) is 49.2 Å². The fraction of sp³-hybridized carbons (Fsp3) is 0.296. The van der Waals surface area contributed by atoms with E-state index in [0.717, 1.165) is 85.5 Å². The standard InChI is InChI=1S/C27H29F2N5/c28-24-6-4-20(17-25(24)29)27-23(3-1-2-8-32-27)19-5-7-26-21(15-19)16-22(18-33-26)31-11-14-34-12-9-30-10-13-34/h2,4-8,15-18,30-32H,1,3,9-14H2. The largest absolute Gasteiger partial charge is 0.382 e. The van der Waals surface area contributed by atoms with E-state index in [9.17, 15) is 8.78 Å². The number of fused-ring (bicyclic) bond motifs is 1. The molecule has 2 aliphatic rings. The second-order valence-corrected chi connectivity index (χ2v) is 8.72. The number of nitrogens with zero attached hydrogens (tertiary/aromatic N) is 2. The lowest BCUT2D eigenvalue weighted by atomic mass is 9.95. The summed E-state index contributed by atoms with van der Waals surface area (Å²) in [7, 11) is 0. The maximum Gasteiger partial charge on any atom is 0.159 e. The van der Waals surface area contributed by atoms with E-state index in [1.807, 2.05) is 18.5 Å². The summed E-state index contributed by atoms with van der Waals surface area (Å²) >= 11 is 0. The average molecular weight is 462 g/mol. The smallest absolute Gasteiger partial charge is 0.159 e. The van der Waals surface area contributed by atoms with Gasteiger partial charge in [0.1, 0.15) is 0 Å². The summed E-state index contributed by atoms with van der Waals surface area (Å²) in [5.41, 5.74) is 5.45. The molecule has 0 aliphatic carbocycles. The van der Waals surface area contributed by atoms with E-state index in [2.05, 4.69) is 50.1 Å². The first-order valence-corrected chi connectivity index (χ1v) is 11.8. The lowest BCUT2D eigenvalue weighted by Gasteiger charge is -2.27. The van der Waals surface area contributed by atoms with Gasteiger partial charge in [-0.2, -0.15) is 0 Å². The molecule has 0 spiro atoms. The molecule has 2 aliphatic heterocycles. The Morgan fingerprint density at radius 3 is 2.68 bits per heavy atom. The number of rotatable bonds is 6. The van der Waals surface area contributed by atoms with Crippen LogP contribution in [0, 0.1) is 11.6 Å². The Balaban J connectivity index is 1.41. The van der Waals surface area contributed by atoms with Crippen LogP contribution in [0.1, 0.15) is 24.0 Å². The second kappa shape index (κ2) is 10.3. The van der Waals surface area contributed by atoms with E-state index in [1.165, 1.54) is 12.1 Å². The van der Waals surface area contributed by atoms with Crippen LogP contribution in [-0.2, 0) is 0 Å². The number of anilines is 1. The fourth-order valence-electron chi connectivity index (χ4n) is 4.57. The number of pyridine rings is 1. The molecule has 0 amide bonds. The Kier molecular flexibility index (Phi) is 6.83. The van der Waals surface area contributed by atoms with E-state index in [4.69, 9.17) is 0 Å². The van der Waals surface area contributed by atoms with Gasteiger partial charge in [-0.15, -0.1) is 0 Å². The first kappa shape index (κ1) is 22.5. The summed E-state index contributed by atoms with van der Waals surface area (Å²) < 4.78 is 27.5. The maximum atomic E-state index is 14.0. The molecule has 0 bridgehead atoms. The van der Waals surface area contributed by atoms with Crippen molar-refractivity contribution in [3.8, 4) is 0 Å². The third kappa shape index (κ3) is 5.11. The summed E-state index contributed by atoms with van der Waals surface area (Å²) in [5.74, 6) is -1.69. The molecule has 1 fully saturated rings. The zero-order valence-corrected chi connectivity index (χ0v) is 19.1. The van der Waals surface area contributed by atoms with Gasteiger partial charge in [0.15, 0.2) is 11.6 Å². The van der Waals surface area contributed by atoms with Crippen LogP contribution in [0.5, 0.6) is 0 Å². The molecule has 5 rings (SSSR count). The topological polar surface area (TPSA) is 52.2 Å². The maximum absolute atomic E-state index is 14.0. The highest BCUT2D eigenvalue weighted by Gasteiger charge is 2.15. The molecular formula is C27H29F2N5. The molecule has 1 aromatic heterocycles. The van der Waals surface area contributed by atoms with Crippen molar-refractivity contribution in [2.45, 2.75) is 12.8 Å². The van der Waals surface area contributed by atoms with E-state index in [1.54, 1.807) is 6.07 Å². The summed E-state index contributed by atoms with van der Waals surface area (Å²) in [5, 5.41) is 11.2. The zero-order valence-electron chi connectivity index (χ0n) is 19.1. The number of halogens is 2. The molecule has 0 unspecified atom stereocenters. The molecule has 34 heavy (non-hydrogen) atoms. The minimum atomic E-state index is -0.848. The Labute approximate surface area is 198 Å². The molecule has 2 aromatic carbocycles. The minimum Gasteiger partial charge on any atom is -0.382 e. The van der Waals surface area contributed by atoms with Crippen molar-refractivity contribution in [2.24, 2.45) is 0 Å². The molecule has 3 N–H and O–H groups in total. The third-order valence-electron chi connectivity index (χ3n) is 6.41. The lowest BCUT2D eigenvalue weighted by molar-refractivity contribution is 0.249. The lowest BCUT2D eigenvalue weighted by Crippen LogP contribution is -2.45. The average Bonchev–Trinajstić information content (AvgIpc) is 3.12. The molecule has 0 saturated carbocycles. The predicted molar refractivity (Wildman–Crippen MR) is 134 cm³/mol. The summed E-state index contributed by atoms with van der Waals surface area (Å²) in [6.07, 6.45) is 7.45. The fourth-order valence-corrected chi connectivity index (χ4v) is 4.57. The summed E-state index contributed by atoms with van der Waals surface area (Å²) in [6, 6.07) is 12.4. The van der Waals surface area contributed by atoms with Gasteiger partial charge in [-0.3, -0.25) is 9.88 Å². The number of benzene rings is 2. The monoisotopic (exact) mass is 461 g/mol. The molecule has 0 radical (unpaired) electrons. The van der Waals surface area contributed by atoms with Crippen LogP contribution >= 0.6 is 0 Å². The Morgan fingerprint density at radius 1 is 0.971 bits per heavy atom. The highest BCUT2D eigenvalue weighted by atomic mass is 19.2. The SMILES string of the molecule is Fc1ccc(C2=C(c3ccc4ncc(NCCN5CCNCC5)cc4c3)CCC=CN2)cc1F. The quantitative estimate of drug-likeness (QED) is 0.501. The van der Waals surface area contributed by atoms with Crippen LogP contribution in [0.25, 0.3) is 22.2 Å². The van der Waals surface area contributed by atoms with Gasteiger partial charge < -0.3 is 16.0 Å².